The fourth-order valence-corrected chi connectivity index (χ4v) is 1.51. The van der Waals surface area contributed by atoms with E-state index in [4.69, 9.17) is 5.11 Å². The Morgan fingerprint density at radius 2 is 2.00 bits per heavy atom. The smallest absolute Gasteiger partial charge is 0.423 e. The number of aromatic nitrogens is 1. The van der Waals surface area contributed by atoms with Gasteiger partial charge in [0.05, 0.1) is 11.3 Å². The lowest BCUT2D eigenvalue weighted by Crippen LogP contribution is -2.17. The van der Waals surface area contributed by atoms with Crippen LogP contribution in [0.4, 0.5) is 27.6 Å². The standard InChI is InChI=1S/C9H5F5N2O4/c10-8(11)6-7(16(19)20)5(9(12,13)14)3(2-15-6)1-4(17)18/h2,8H,1H2,(H,17,18). The maximum atomic E-state index is 12.8. The van der Waals surface area contributed by atoms with Crippen molar-refractivity contribution in [3.63, 3.8) is 0 Å². The Morgan fingerprint density at radius 1 is 1.45 bits per heavy atom. The molecule has 0 aromatic carbocycles. The highest BCUT2D eigenvalue weighted by Crippen LogP contribution is 2.42. The van der Waals surface area contributed by atoms with Crippen molar-refractivity contribution >= 4 is 11.7 Å². The molecule has 0 atom stereocenters. The second-order valence-electron chi connectivity index (χ2n) is 3.52. The van der Waals surface area contributed by atoms with Crippen molar-refractivity contribution in [1.82, 2.24) is 4.98 Å². The van der Waals surface area contributed by atoms with Gasteiger partial charge in [-0.15, -0.1) is 0 Å². The van der Waals surface area contributed by atoms with Crippen molar-refractivity contribution in [2.45, 2.75) is 19.0 Å². The van der Waals surface area contributed by atoms with Crippen LogP contribution in [0, 0.1) is 10.1 Å². The molecule has 0 fully saturated rings. The molecule has 1 heterocycles. The highest BCUT2D eigenvalue weighted by molar-refractivity contribution is 5.71. The maximum Gasteiger partial charge on any atom is 0.423 e. The lowest BCUT2D eigenvalue weighted by Gasteiger charge is -2.13. The van der Waals surface area contributed by atoms with E-state index < -0.39 is 52.4 Å². The van der Waals surface area contributed by atoms with Crippen LogP contribution < -0.4 is 0 Å². The summed E-state index contributed by atoms with van der Waals surface area (Å²) in [5, 5.41) is 19.1. The summed E-state index contributed by atoms with van der Waals surface area (Å²) in [6, 6.07) is 0. The number of halogens is 5. The molecular formula is C9H5F5N2O4. The van der Waals surface area contributed by atoms with Gasteiger partial charge in [0, 0.05) is 11.8 Å². The van der Waals surface area contributed by atoms with Crippen LogP contribution in [0.1, 0.15) is 23.2 Å². The minimum atomic E-state index is -5.36. The fourth-order valence-electron chi connectivity index (χ4n) is 1.51. The van der Waals surface area contributed by atoms with Gasteiger partial charge in [-0.25, -0.2) is 13.8 Å². The summed E-state index contributed by atoms with van der Waals surface area (Å²) in [5.74, 6) is -1.71. The number of alkyl halides is 5. The fraction of sp³-hybridized carbons (Fsp3) is 0.333. The molecule has 6 nitrogen and oxygen atoms in total. The average Bonchev–Trinajstić information content (AvgIpc) is 2.25. The largest absolute Gasteiger partial charge is 0.481 e. The predicted octanol–water partition coefficient (Wildman–Crippen LogP) is 2.57. The van der Waals surface area contributed by atoms with Gasteiger partial charge in [0.2, 0.25) is 0 Å². The van der Waals surface area contributed by atoms with Gasteiger partial charge in [-0.2, -0.15) is 13.2 Å². The maximum absolute atomic E-state index is 12.8. The molecule has 0 saturated carbocycles. The third-order valence-corrected chi connectivity index (χ3v) is 2.17. The first-order valence-corrected chi connectivity index (χ1v) is 4.79. The van der Waals surface area contributed by atoms with Crippen molar-refractivity contribution in [2.75, 3.05) is 0 Å². The lowest BCUT2D eigenvalue weighted by molar-refractivity contribution is -0.389. The zero-order valence-electron chi connectivity index (χ0n) is 9.32. The Balaban J connectivity index is 3.71. The second-order valence-corrected chi connectivity index (χ2v) is 3.52. The van der Waals surface area contributed by atoms with Crippen LogP contribution in [0.2, 0.25) is 0 Å². The Labute approximate surface area is 107 Å². The number of rotatable bonds is 4. The molecule has 0 aliphatic rings. The normalized spacial score (nSPS) is 11.7. The van der Waals surface area contributed by atoms with Gasteiger partial charge in [0.25, 0.3) is 6.43 Å². The molecule has 11 heteroatoms. The number of hydrogen-bond acceptors (Lipinski definition) is 4. The highest BCUT2D eigenvalue weighted by Gasteiger charge is 2.44. The molecule has 0 amide bonds. The SMILES string of the molecule is O=C(O)Cc1cnc(C(F)F)c([N+](=O)[O-])c1C(F)(F)F. The van der Waals surface area contributed by atoms with Crippen LogP contribution in [-0.2, 0) is 17.4 Å². The summed E-state index contributed by atoms with van der Waals surface area (Å²) in [6.07, 6.45) is -9.94. The molecule has 1 rings (SSSR count). The van der Waals surface area contributed by atoms with Crippen molar-refractivity contribution in [2.24, 2.45) is 0 Å². The van der Waals surface area contributed by atoms with Crippen molar-refractivity contribution < 1.29 is 36.8 Å². The Kier molecular flexibility index (Phi) is 4.20. The molecule has 1 aromatic heterocycles. The summed E-state index contributed by atoms with van der Waals surface area (Å²) in [6.45, 7) is 0. The monoisotopic (exact) mass is 300 g/mol. The zero-order chi connectivity index (χ0) is 15.7. The molecule has 0 aliphatic heterocycles. The predicted molar refractivity (Wildman–Crippen MR) is 52.2 cm³/mol. The van der Waals surface area contributed by atoms with Gasteiger partial charge in [0.1, 0.15) is 5.56 Å². The number of pyridine rings is 1. The molecule has 0 radical (unpaired) electrons. The van der Waals surface area contributed by atoms with Crippen molar-refractivity contribution in [1.29, 1.82) is 0 Å². The Bertz CT molecular complexity index is 558. The van der Waals surface area contributed by atoms with Gasteiger partial charge in [-0.3, -0.25) is 14.9 Å². The third kappa shape index (κ3) is 3.16. The Morgan fingerprint density at radius 3 is 2.35 bits per heavy atom. The van der Waals surface area contributed by atoms with Crippen LogP contribution in [0.15, 0.2) is 6.20 Å². The average molecular weight is 300 g/mol. The topological polar surface area (TPSA) is 93.3 Å². The third-order valence-electron chi connectivity index (χ3n) is 2.17. The van der Waals surface area contributed by atoms with Crippen LogP contribution in [0.3, 0.4) is 0 Å². The lowest BCUT2D eigenvalue weighted by atomic mass is 10.0. The van der Waals surface area contributed by atoms with E-state index in [9.17, 15) is 36.9 Å². The molecule has 0 aliphatic carbocycles. The summed E-state index contributed by atoms with van der Waals surface area (Å²) in [7, 11) is 0. The molecule has 0 bridgehead atoms. The molecule has 1 aromatic rings. The first-order chi connectivity index (χ1) is 9.05. The molecule has 0 saturated heterocycles. The molecule has 110 valence electrons. The number of nitrogens with zero attached hydrogens (tertiary/aromatic N) is 2. The van der Waals surface area contributed by atoms with Gasteiger partial charge in [0.15, 0.2) is 5.69 Å². The van der Waals surface area contributed by atoms with Gasteiger partial charge >= 0.3 is 17.8 Å². The van der Waals surface area contributed by atoms with Crippen molar-refractivity contribution in [3.05, 3.63) is 33.1 Å². The van der Waals surface area contributed by atoms with Crippen LogP contribution in [-0.4, -0.2) is 21.0 Å². The second kappa shape index (κ2) is 5.35. The summed E-state index contributed by atoms with van der Waals surface area (Å²) in [5.41, 5.74) is -6.65. The molecular weight excluding hydrogens is 295 g/mol. The van der Waals surface area contributed by atoms with E-state index in [0.29, 0.717) is 0 Å². The first kappa shape index (κ1) is 15.7. The summed E-state index contributed by atoms with van der Waals surface area (Å²) < 4.78 is 63.4. The molecule has 1 N–H and O–H groups in total. The van der Waals surface area contributed by atoms with E-state index in [0.717, 1.165) is 0 Å². The highest BCUT2D eigenvalue weighted by atomic mass is 19.4. The van der Waals surface area contributed by atoms with E-state index >= 15 is 0 Å². The minimum Gasteiger partial charge on any atom is -0.481 e. The number of carboxylic acids is 1. The molecule has 0 unspecified atom stereocenters. The van der Waals surface area contributed by atoms with E-state index in [1.807, 2.05) is 0 Å². The first-order valence-electron chi connectivity index (χ1n) is 4.79. The number of carbonyl (C=O) groups is 1. The molecule has 0 spiro atoms. The number of carboxylic acid groups (broad SMARTS) is 1. The van der Waals surface area contributed by atoms with E-state index in [-0.39, 0.29) is 6.20 Å². The minimum absolute atomic E-state index is 0.255. The van der Waals surface area contributed by atoms with Gasteiger partial charge in [-0.1, -0.05) is 0 Å². The van der Waals surface area contributed by atoms with Crippen LogP contribution in [0.5, 0.6) is 0 Å². The van der Waals surface area contributed by atoms with Gasteiger partial charge < -0.3 is 5.11 Å². The van der Waals surface area contributed by atoms with Crippen molar-refractivity contribution in [3.8, 4) is 0 Å². The van der Waals surface area contributed by atoms with E-state index in [2.05, 4.69) is 4.98 Å². The Hall–Kier alpha value is -2.33. The summed E-state index contributed by atoms with van der Waals surface area (Å²) in [4.78, 5) is 22.3. The number of hydrogen-bond donors (Lipinski definition) is 1. The van der Waals surface area contributed by atoms with Gasteiger partial charge in [-0.05, 0) is 0 Å². The number of aliphatic carboxylic acids is 1. The zero-order valence-corrected chi connectivity index (χ0v) is 9.32. The van der Waals surface area contributed by atoms with Crippen LogP contribution in [0.25, 0.3) is 0 Å². The quantitative estimate of drug-likeness (QED) is 0.524. The number of nitro groups is 1. The van der Waals surface area contributed by atoms with Crippen LogP contribution >= 0.6 is 0 Å². The molecule has 20 heavy (non-hydrogen) atoms. The van der Waals surface area contributed by atoms with E-state index in [1.165, 1.54) is 0 Å². The van der Waals surface area contributed by atoms with E-state index in [1.54, 1.807) is 0 Å². The summed E-state index contributed by atoms with van der Waals surface area (Å²) >= 11 is 0.